The van der Waals surface area contributed by atoms with E-state index in [2.05, 4.69) is 18.0 Å². The Labute approximate surface area is 121 Å². The smallest absolute Gasteiger partial charge is 0.178 e. The minimum atomic E-state index is -0.157. The molecule has 0 spiro atoms. The Hall–Kier alpha value is -1.94. The predicted molar refractivity (Wildman–Crippen MR) is 82.0 cm³/mol. The van der Waals surface area contributed by atoms with Gasteiger partial charge in [-0.3, -0.25) is 0 Å². The Balaban J connectivity index is 1.98. The second-order valence-corrected chi connectivity index (χ2v) is 5.28. The molecule has 0 amide bonds. The van der Waals surface area contributed by atoms with Gasteiger partial charge in [-0.1, -0.05) is 30.3 Å². The summed E-state index contributed by atoms with van der Waals surface area (Å²) >= 11 is 5.37. The first-order chi connectivity index (χ1) is 9.66. The molecule has 0 aliphatic carbocycles. The highest BCUT2D eigenvalue weighted by Crippen LogP contribution is 2.19. The van der Waals surface area contributed by atoms with Crippen molar-refractivity contribution in [3.8, 4) is 0 Å². The number of rotatable bonds is 3. The van der Waals surface area contributed by atoms with Crippen molar-refractivity contribution in [2.45, 2.75) is 19.9 Å². The number of hydrogen-bond acceptors (Lipinski definition) is 1. The molecule has 1 N–H and O–H groups in total. The van der Waals surface area contributed by atoms with E-state index in [1.54, 1.807) is 6.07 Å². The number of H-pyrrole nitrogens is 1. The van der Waals surface area contributed by atoms with E-state index in [1.807, 2.05) is 28.8 Å². The van der Waals surface area contributed by atoms with Crippen molar-refractivity contribution in [2.24, 2.45) is 0 Å². The van der Waals surface area contributed by atoms with E-state index in [4.69, 9.17) is 12.2 Å². The van der Waals surface area contributed by atoms with Crippen LogP contribution in [-0.4, -0.2) is 9.55 Å². The summed E-state index contributed by atoms with van der Waals surface area (Å²) in [4.78, 5) is 3.20. The first-order valence-corrected chi connectivity index (χ1v) is 6.99. The molecule has 0 saturated heterocycles. The maximum absolute atomic E-state index is 13.7. The maximum atomic E-state index is 13.7. The molecule has 0 saturated carbocycles. The molecule has 1 heterocycles. The lowest BCUT2D eigenvalue weighted by molar-refractivity contribution is 0.595. The van der Waals surface area contributed by atoms with Crippen LogP contribution < -0.4 is 0 Å². The minimum absolute atomic E-state index is 0.157. The van der Waals surface area contributed by atoms with E-state index in [-0.39, 0.29) is 5.82 Å². The zero-order valence-electron chi connectivity index (χ0n) is 11.2. The first kappa shape index (κ1) is 13.1. The third-order valence-corrected chi connectivity index (χ3v) is 3.88. The lowest BCUT2D eigenvalue weighted by Crippen LogP contribution is -2.03. The van der Waals surface area contributed by atoms with Crippen molar-refractivity contribution in [3.05, 3.63) is 64.2 Å². The molecule has 0 atom stereocenters. The van der Waals surface area contributed by atoms with Crippen LogP contribution in [0.3, 0.4) is 0 Å². The average Bonchev–Trinajstić information content (AvgIpc) is 2.75. The van der Waals surface area contributed by atoms with Gasteiger partial charge in [-0.05, 0) is 48.8 Å². The highest BCUT2D eigenvalue weighted by Gasteiger charge is 2.08. The SMILES string of the molecule is Cc1cccc2[nH]c(=S)n(CCc3ccccc3F)c12. The summed E-state index contributed by atoms with van der Waals surface area (Å²) in [5.74, 6) is -0.157. The fraction of sp³-hybridized carbons (Fsp3) is 0.188. The molecule has 0 bridgehead atoms. The maximum Gasteiger partial charge on any atom is 0.178 e. The van der Waals surface area contributed by atoms with Gasteiger partial charge in [-0.2, -0.15) is 0 Å². The van der Waals surface area contributed by atoms with Crippen LogP contribution in [0.1, 0.15) is 11.1 Å². The van der Waals surface area contributed by atoms with Gasteiger partial charge in [-0.25, -0.2) is 4.39 Å². The van der Waals surface area contributed by atoms with Crippen LogP contribution in [0.15, 0.2) is 42.5 Å². The first-order valence-electron chi connectivity index (χ1n) is 6.58. The summed E-state index contributed by atoms with van der Waals surface area (Å²) in [5, 5.41) is 0. The summed E-state index contributed by atoms with van der Waals surface area (Å²) in [6, 6.07) is 13.0. The number of aromatic nitrogens is 2. The Bertz CT molecular complexity index is 817. The monoisotopic (exact) mass is 286 g/mol. The fourth-order valence-corrected chi connectivity index (χ4v) is 2.84. The highest BCUT2D eigenvalue weighted by atomic mass is 32.1. The Morgan fingerprint density at radius 2 is 1.95 bits per heavy atom. The van der Waals surface area contributed by atoms with Gasteiger partial charge < -0.3 is 9.55 Å². The van der Waals surface area contributed by atoms with Gasteiger partial charge in [0.05, 0.1) is 11.0 Å². The van der Waals surface area contributed by atoms with Crippen molar-refractivity contribution >= 4 is 23.3 Å². The molecule has 4 heteroatoms. The zero-order chi connectivity index (χ0) is 14.1. The van der Waals surface area contributed by atoms with E-state index in [9.17, 15) is 4.39 Å². The molecule has 1 aromatic heterocycles. The van der Waals surface area contributed by atoms with E-state index >= 15 is 0 Å². The number of benzene rings is 2. The predicted octanol–water partition coefficient (Wildman–Crippen LogP) is 4.39. The quantitative estimate of drug-likeness (QED) is 0.708. The molecular weight excluding hydrogens is 271 g/mol. The molecule has 20 heavy (non-hydrogen) atoms. The number of aromatic amines is 1. The standard InChI is InChI=1S/C16H15FN2S/c1-11-5-4-8-14-15(11)19(16(20)18-14)10-9-12-6-2-3-7-13(12)17/h2-8H,9-10H2,1H3,(H,18,20). The number of aryl methyl sites for hydroxylation is 3. The van der Waals surface area contributed by atoms with Crippen LogP contribution in [0.2, 0.25) is 0 Å². The molecule has 2 nitrogen and oxygen atoms in total. The molecule has 3 aromatic rings. The largest absolute Gasteiger partial charge is 0.331 e. The van der Waals surface area contributed by atoms with Crippen LogP contribution in [0, 0.1) is 17.5 Å². The minimum Gasteiger partial charge on any atom is -0.331 e. The number of imidazole rings is 1. The van der Waals surface area contributed by atoms with E-state index in [0.717, 1.165) is 16.6 Å². The summed E-state index contributed by atoms with van der Waals surface area (Å²) in [6.07, 6.45) is 0.627. The van der Waals surface area contributed by atoms with Crippen LogP contribution >= 0.6 is 12.2 Å². The van der Waals surface area contributed by atoms with Crippen LogP contribution in [0.5, 0.6) is 0 Å². The van der Waals surface area contributed by atoms with Crippen molar-refractivity contribution < 1.29 is 4.39 Å². The fourth-order valence-electron chi connectivity index (χ4n) is 2.55. The normalized spacial score (nSPS) is 11.1. The van der Waals surface area contributed by atoms with Gasteiger partial charge in [0.2, 0.25) is 0 Å². The molecular formula is C16H15FN2S. The summed E-state index contributed by atoms with van der Waals surface area (Å²) < 4.78 is 16.4. The number of halogens is 1. The molecule has 0 aliphatic heterocycles. The van der Waals surface area contributed by atoms with Gasteiger partial charge in [0, 0.05) is 6.54 Å². The van der Waals surface area contributed by atoms with Gasteiger partial charge in [0.1, 0.15) is 5.82 Å². The Kier molecular flexibility index (Phi) is 3.40. The molecule has 2 aromatic carbocycles. The third kappa shape index (κ3) is 2.27. The molecule has 0 radical (unpaired) electrons. The number of fused-ring (bicyclic) bond motifs is 1. The lowest BCUT2D eigenvalue weighted by Gasteiger charge is -2.07. The molecule has 3 rings (SSSR count). The van der Waals surface area contributed by atoms with Crippen molar-refractivity contribution in [3.63, 3.8) is 0 Å². The van der Waals surface area contributed by atoms with Gasteiger partial charge >= 0.3 is 0 Å². The van der Waals surface area contributed by atoms with Crippen molar-refractivity contribution in [1.29, 1.82) is 0 Å². The third-order valence-electron chi connectivity index (χ3n) is 3.56. The van der Waals surface area contributed by atoms with Gasteiger partial charge in [0.15, 0.2) is 4.77 Å². The van der Waals surface area contributed by atoms with E-state index < -0.39 is 0 Å². The average molecular weight is 286 g/mol. The van der Waals surface area contributed by atoms with E-state index in [1.165, 1.54) is 11.6 Å². The summed E-state index contributed by atoms with van der Waals surface area (Å²) in [7, 11) is 0. The Morgan fingerprint density at radius 1 is 1.15 bits per heavy atom. The van der Waals surface area contributed by atoms with Gasteiger partial charge in [-0.15, -0.1) is 0 Å². The summed E-state index contributed by atoms with van der Waals surface area (Å²) in [5.41, 5.74) is 4.03. The molecule has 102 valence electrons. The van der Waals surface area contributed by atoms with Crippen LogP contribution in [-0.2, 0) is 13.0 Å². The Morgan fingerprint density at radius 3 is 2.75 bits per heavy atom. The van der Waals surface area contributed by atoms with Gasteiger partial charge in [0.25, 0.3) is 0 Å². The number of nitrogens with zero attached hydrogens (tertiary/aromatic N) is 1. The van der Waals surface area contributed by atoms with Crippen LogP contribution in [0.4, 0.5) is 4.39 Å². The lowest BCUT2D eigenvalue weighted by atomic mass is 10.1. The van der Waals surface area contributed by atoms with Crippen LogP contribution in [0.25, 0.3) is 11.0 Å². The summed E-state index contributed by atoms with van der Waals surface area (Å²) in [6.45, 7) is 2.73. The topological polar surface area (TPSA) is 20.7 Å². The highest BCUT2D eigenvalue weighted by molar-refractivity contribution is 7.71. The second kappa shape index (κ2) is 5.21. The van der Waals surface area contributed by atoms with Crippen molar-refractivity contribution in [2.75, 3.05) is 0 Å². The zero-order valence-corrected chi connectivity index (χ0v) is 12.0. The van der Waals surface area contributed by atoms with E-state index in [0.29, 0.717) is 17.7 Å². The molecule has 0 fully saturated rings. The molecule has 0 aliphatic rings. The second-order valence-electron chi connectivity index (χ2n) is 4.89. The number of nitrogens with one attached hydrogen (secondary N) is 1. The van der Waals surface area contributed by atoms with Crippen molar-refractivity contribution in [1.82, 2.24) is 9.55 Å². The number of para-hydroxylation sites is 1. The number of hydrogen-bond donors (Lipinski definition) is 1. The molecule has 0 unspecified atom stereocenters.